The van der Waals surface area contributed by atoms with Crippen molar-refractivity contribution in [2.24, 2.45) is 5.16 Å². The predicted molar refractivity (Wildman–Crippen MR) is 108 cm³/mol. The van der Waals surface area contributed by atoms with Crippen LogP contribution < -0.4 is 5.69 Å². The Labute approximate surface area is 184 Å². The Hall–Kier alpha value is -3.73. The molecule has 1 saturated carbocycles. The second-order valence-corrected chi connectivity index (χ2v) is 9.55. The summed E-state index contributed by atoms with van der Waals surface area (Å²) in [5.41, 5.74) is -3.34. The van der Waals surface area contributed by atoms with Gasteiger partial charge in [-0.1, -0.05) is 12.1 Å². The highest BCUT2D eigenvalue weighted by molar-refractivity contribution is 7.91. The van der Waals surface area contributed by atoms with E-state index in [1.165, 1.54) is 6.92 Å². The van der Waals surface area contributed by atoms with Crippen LogP contribution in [0.15, 0.2) is 39.4 Å². The van der Waals surface area contributed by atoms with E-state index in [0.717, 1.165) is 28.9 Å². The highest BCUT2D eigenvalue weighted by Crippen LogP contribution is 2.39. The van der Waals surface area contributed by atoms with Gasteiger partial charge in [0.05, 0.1) is 10.6 Å². The van der Waals surface area contributed by atoms with E-state index in [1.54, 1.807) is 6.07 Å². The van der Waals surface area contributed by atoms with Gasteiger partial charge in [0.2, 0.25) is 0 Å². The minimum atomic E-state index is -4.79. The maximum Gasteiger partial charge on any atom is 0.431 e. The Morgan fingerprint density at radius 1 is 1.36 bits per heavy atom. The molecule has 0 amide bonds. The molecule has 1 fully saturated rings. The molecule has 14 heteroatoms. The number of sulfone groups is 1. The highest BCUT2D eigenvalue weighted by Gasteiger charge is 2.40. The van der Waals surface area contributed by atoms with Crippen LogP contribution in [0.25, 0.3) is 17.0 Å². The summed E-state index contributed by atoms with van der Waals surface area (Å²) in [6.45, 7) is 1.37. The average Bonchev–Trinajstić information content (AvgIpc) is 3.51. The largest absolute Gasteiger partial charge is 0.431 e. The van der Waals surface area contributed by atoms with Crippen molar-refractivity contribution in [3.8, 4) is 17.5 Å². The minimum Gasteiger partial charge on any atom is -0.410 e. The van der Waals surface area contributed by atoms with E-state index in [9.17, 15) is 26.4 Å². The lowest BCUT2D eigenvalue weighted by molar-refractivity contribution is -0.144. The molecule has 10 nitrogen and oxygen atoms in total. The standard InChI is InChI=1S/C19H15F3N6O4S/c1-2-33(31,32)14-5-10(12(7-23)26-30)8-24-17(14)13-9-27-16(25-13)6-15(19(20,21)22)28(18(27)29)11-3-4-11/h5-6,8-9,11,30H,2-4H2,1H3/b26-12+. The molecule has 1 aliphatic rings. The summed E-state index contributed by atoms with van der Waals surface area (Å²) < 4.78 is 67.7. The third kappa shape index (κ3) is 3.84. The average molecular weight is 480 g/mol. The number of aromatic nitrogens is 4. The summed E-state index contributed by atoms with van der Waals surface area (Å²) in [6, 6.07) is 2.82. The Morgan fingerprint density at radius 3 is 2.61 bits per heavy atom. The summed E-state index contributed by atoms with van der Waals surface area (Å²) >= 11 is 0. The number of nitrogens with zero attached hydrogens (tertiary/aromatic N) is 6. The SMILES string of the molecule is CCS(=O)(=O)c1cc(/C(C#N)=N/O)cnc1-c1cn2c(=O)n(C3CC3)c(C(F)(F)F)cc2n1. The van der Waals surface area contributed by atoms with Crippen LogP contribution in [-0.4, -0.2) is 44.0 Å². The van der Waals surface area contributed by atoms with Crippen LogP contribution in [0, 0.1) is 11.3 Å². The lowest BCUT2D eigenvalue weighted by Crippen LogP contribution is -2.31. The van der Waals surface area contributed by atoms with Crippen molar-refractivity contribution >= 4 is 21.2 Å². The molecule has 3 aromatic heterocycles. The van der Waals surface area contributed by atoms with Crippen LogP contribution in [0.3, 0.4) is 0 Å². The number of nitriles is 1. The van der Waals surface area contributed by atoms with Gasteiger partial charge in [-0.25, -0.2) is 18.2 Å². The van der Waals surface area contributed by atoms with Crippen molar-refractivity contribution < 1.29 is 26.8 Å². The minimum absolute atomic E-state index is 0.0880. The fourth-order valence-electron chi connectivity index (χ4n) is 3.38. The lowest BCUT2D eigenvalue weighted by atomic mass is 10.1. The number of hydrogen-bond acceptors (Lipinski definition) is 8. The van der Waals surface area contributed by atoms with Crippen molar-refractivity contribution in [3.63, 3.8) is 0 Å². The third-order valence-corrected chi connectivity index (χ3v) is 6.90. The number of halogens is 3. The topological polar surface area (TPSA) is 143 Å². The fraction of sp³-hybridized carbons (Fsp3) is 0.316. The van der Waals surface area contributed by atoms with Crippen LogP contribution in [0.1, 0.15) is 37.1 Å². The zero-order valence-electron chi connectivity index (χ0n) is 16.9. The third-order valence-electron chi connectivity index (χ3n) is 5.16. The van der Waals surface area contributed by atoms with Crippen molar-refractivity contribution in [1.82, 2.24) is 18.9 Å². The van der Waals surface area contributed by atoms with Gasteiger partial charge in [-0.05, 0) is 18.9 Å². The molecular formula is C19H15F3N6O4S. The zero-order valence-corrected chi connectivity index (χ0v) is 17.7. The van der Waals surface area contributed by atoms with Crippen LogP contribution in [0.2, 0.25) is 0 Å². The second-order valence-electron chi connectivity index (χ2n) is 7.30. The maximum atomic E-state index is 13.6. The quantitative estimate of drug-likeness (QED) is 0.336. The maximum absolute atomic E-state index is 13.6. The molecule has 0 radical (unpaired) electrons. The molecule has 0 saturated heterocycles. The van der Waals surface area contributed by atoms with E-state index < -0.39 is 39.2 Å². The number of fused-ring (bicyclic) bond motifs is 1. The van der Waals surface area contributed by atoms with Crippen LogP contribution >= 0.6 is 0 Å². The van der Waals surface area contributed by atoms with Gasteiger partial charge < -0.3 is 5.21 Å². The number of hydrogen-bond donors (Lipinski definition) is 1. The Kier molecular flexibility index (Phi) is 5.24. The molecule has 3 aromatic rings. The Morgan fingerprint density at radius 2 is 2.06 bits per heavy atom. The molecular weight excluding hydrogens is 465 g/mol. The number of oxime groups is 1. The monoisotopic (exact) mass is 480 g/mol. The van der Waals surface area contributed by atoms with Gasteiger partial charge >= 0.3 is 11.9 Å². The molecule has 0 aliphatic heterocycles. The number of imidazole rings is 1. The van der Waals surface area contributed by atoms with Crippen LogP contribution in [0.4, 0.5) is 13.2 Å². The van der Waals surface area contributed by atoms with Crippen molar-refractivity contribution in [3.05, 3.63) is 46.3 Å². The molecule has 3 heterocycles. The van der Waals surface area contributed by atoms with E-state index in [0.29, 0.717) is 17.4 Å². The highest BCUT2D eigenvalue weighted by atomic mass is 32.2. The normalized spacial score (nSPS) is 15.1. The van der Waals surface area contributed by atoms with Gasteiger partial charge in [0.15, 0.2) is 15.5 Å². The molecule has 1 N–H and O–H groups in total. The van der Waals surface area contributed by atoms with Gasteiger partial charge in [-0.15, -0.1) is 0 Å². The number of rotatable bonds is 5. The molecule has 0 unspecified atom stereocenters. The summed E-state index contributed by atoms with van der Waals surface area (Å²) in [5, 5.41) is 20.8. The summed E-state index contributed by atoms with van der Waals surface area (Å²) in [6.07, 6.45) is -1.73. The molecule has 0 spiro atoms. The van der Waals surface area contributed by atoms with Gasteiger partial charge in [0, 0.05) is 30.1 Å². The first-order valence-corrected chi connectivity index (χ1v) is 11.2. The molecule has 4 rings (SSSR count). The number of alkyl halides is 3. The molecule has 1 aliphatic carbocycles. The first-order chi connectivity index (χ1) is 15.5. The van der Waals surface area contributed by atoms with Crippen LogP contribution in [-0.2, 0) is 16.0 Å². The zero-order chi connectivity index (χ0) is 24.1. The van der Waals surface area contributed by atoms with Gasteiger partial charge in [-0.3, -0.25) is 14.0 Å². The lowest BCUT2D eigenvalue weighted by Gasteiger charge is -2.14. The summed E-state index contributed by atoms with van der Waals surface area (Å²) in [4.78, 5) is 20.5. The van der Waals surface area contributed by atoms with Crippen molar-refractivity contribution in [2.75, 3.05) is 5.75 Å². The fourth-order valence-corrected chi connectivity index (χ4v) is 4.45. The van der Waals surface area contributed by atoms with Crippen LogP contribution in [0.5, 0.6) is 0 Å². The smallest absolute Gasteiger partial charge is 0.410 e. The van der Waals surface area contributed by atoms with Gasteiger partial charge in [-0.2, -0.15) is 18.4 Å². The first kappa shape index (κ1) is 22.5. The van der Waals surface area contributed by atoms with E-state index in [2.05, 4.69) is 15.1 Å². The van der Waals surface area contributed by atoms with E-state index in [1.807, 2.05) is 0 Å². The molecule has 0 bridgehead atoms. The molecule has 0 aromatic carbocycles. The summed E-state index contributed by atoms with van der Waals surface area (Å²) in [5.74, 6) is -0.358. The number of pyridine rings is 1. The second kappa shape index (κ2) is 7.69. The molecule has 0 atom stereocenters. The van der Waals surface area contributed by atoms with Crippen molar-refractivity contribution in [2.45, 2.75) is 36.9 Å². The van der Waals surface area contributed by atoms with Gasteiger partial charge in [0.1, 0.15) is 28.8 Å². The summed E-state index contributed by atoms with van der Waals surface area (Å²) in [7, 11) is -3.96. The Balaban J connectivity index is 1.99. The van der Waals surface area contributed by atoms with E-state index >= 15 is 0 Å². The molecule has 172 valence electrons. The van der Waals surface area contributed by atoms with Gasteiger partial charge in [0.25, 0.3) is 0 Å². The Bertz CT molecular complexity index is 1510. The predicted octanol–water partition coefficient (Wildman–Crippen LogP) is 2.41. The first-order valence-electron chi connectivity index (χ1n) is 9.59. The molecule has 33 heavy (non-hydrogen) atoms. The van der Waals surface area contributed by atoms with E-state index in [-0.39, 0.29) is 33.2 Å². The van der Waals surface area contributed by atoms with Crippen molar-refractivity contribution in [1.29, 1.82) is 5.26 Å². The van der Waals surface area contributed by atoms with E-state index in [4.69, 9.17) is 10.5 Å².